The molecule has 0 saturated carbocycles. The number of ether oxygens (including phenoxy) is 1. The molecule has 1 aromatic carbocycles. The van der Waals surface area contributed by atoms with Crippen LogP contribution in [0, 0.1) is 11.8 Å². The zero-order valence-electron chi connectivity index (χ0n) is 17.4. The van der Waals surface area contributed by atoms with Crippen molar-refractivity contribution in [3.8, 4) is 5.75 Å². The SMILES string of the molecule is CN(C)C(=O)[C@@H]1C[C@H](COc2cccc(C(F)(F)F)c2)CN(Cc2nccn2C)C1. The minimum Gasteiger partial charge on any atom is -0.493 e. The predicted molar refractivity (Wildman–Crippen MR) is 106 cm³/mol. The summed E-state index contributed by atoms with van der Waals surface area (Å²) in [6.07, 6.45) is -0.175. The first-order valence-corrected chi connectivity index (χ1v) is 9.83. The van der Waals surface area contributed by atoms with Crippen LogP contribution in [0.2, 0.25) is 0 Å². The molecule has 1 aromatic heterocycles. The Kier molecular flexibility index (Phi) is 6.70. The zero-order valence-corrected chi connectivity index (χ0v) is 17.4. The summed E-state index contributed by atoms with van der Waals surface area (Å²) in [6, 6.07) is 4.89. The molecular formula is C21H27F3N4O2. The molecule has 1 amide bonds. The average molecular weight is 424 g/mol. The van der Waals surface area contributed by atoms with Crippen LogP contribution in [0.1, 0.15) is 17.8 Å². The van der Waals surface area contributed by atoms with Gasteiger partial charge in [0, 0.05) is 52.5 Å². The predicted octanol–water partition coefficient (Wildman–Crippen LogP) is 3.04. The number of carbonyl (C=O) groups is 1. The molecule has 1 saturated heterocycles. The van der Waals surface area contributed by atoms with Gasteiger partial charge in [0.2, 0.25) is 5.91 Å². The van der Waals surface area contributed by atoms with Gasteiger partial charge >= 0.3 is 6.18 Å². The summed E-state index contributed by atoms with van der Waals surface area (Å²) in [6.45, 7) is 2.14. The number of hydrogen-bond acceptors (Lipinski definition) is 4. The van der Waals surface area contributed by atoms with E-state index in [0.717, 1.165) is 18.0 Å². The minimum atomic E-state index is -4.41. The van der Waals surface area contributed by atoms with Crippen LogP contribution < -0.4 is 4.74 Å². The van der Waals surface area contributed by atoms with Crippen LogP contribution >= 0.6 is 0 Å². The molecule has 1 fully saturated rings. The van der Waals surface area contributed by atoms with Crippen molar-refractivity contribution in [2.24, 2.45) is 18.9 Å². The number of carbonyl (C=O) groups excluding carboxylic acids is 1. The molecular weight excluding hydrogens is 397 g/mol. The van der Waals surface area contributed by atoms with Gasteiger partial charge in [0.05, 0.1) is 24.6 Å². The van der Waals surface area contributed by atoms with E-state index in [0.29, 0.717) is 26.1 Å². The highest BCUT2D eigenvalue weighted by Crippen LogP contribution is 2.32. The number of alkyl halides is 3. The largest absolute Gasteiger partial charge is 0.493 e. The van der Waals surface area contributed by atoms with Crippen LogP contribution in [0.3, 0.4) is 0 Å². The first kappa shape index (κ1) is 22.1. The quantitative estimate of drug-likeness (QED) is 0.715. The van der Waals surface area contributed by atoms with Crippen LogP contribution in [-0.4, -0.2) is 59.0 Å². The molecule has 0 aliphatic carbocycles. The summed E-state index contributed by atoms with van der Waals surface area (Å²) in [5, 5.41) is 0. The third-order valence-electron chi connectivity index (χ3n) is 5.34. The van der Waals surface area contributed by atoms with Gasteiger partial charge in [0.25, 0.3) is 0 Å². The molecule has 0 N–H and O–H groups in total. The lowest BCUT2D eigenvalue weighted by molar-refractivity contribution is -0.138. The van der Waals surface area contributed by atoms with E-state index in [1.54, 1.807) is 25.2 Å². The molecule has 0 radical (unpaired) electrons. The Hall–Kier alpha value is -2.55. The fourth-order valence-electron chi connectivity index (χ4n) is 3.82. The van der Waals surface area contributed by atoms with Crippen LogP contribution in [0.25, 0.3) is 0 Å². The molecule has 164 valence electrons. The number of nitrogens with zero attached hydrogens (tertiary/aromatic N) is 4. The second-order valence-electron chi connectivity index (χ2n) is 8.02. The Bertz CT molecular complexity index is 866. The third-order valence-corrected chi connectivity index (χ3v) is 5.34. The number of amides is 1. The van der Waals surface area contributed by atoms with E-state index in [1.807, 2.05) is 17.8 Å². The maximum atomic E-state index is 12.9. The first-order valence-electron chi connectivity index (χ1n) is 9.83. The molecule has 1 aliphatic heterocycles. The summed E-state index contributed by atoms with van der Waals surface area (Å²) in [7, 11) is 5.38. The fourth-order valence-corrected chi connectivity index (χ4v) is 3.82. The molecule has 6 nitrogen and oxygen atoms in total. The van der Waals surface area contributed by atoms with Gasteiger partial charge in [0.1, 0.15) is 11.6 Å². The maximum absolute atomic E-state index is 12.9. The Morgan fingerprint density at radius 3 is 2.70 bits per heavy atom. The molecule has 0 spiro atoms. The van der Waals surface area contributed by atoms with E-state index in [-0.39, 0.29) is 30.1 Å². The van der Waals surface area contributed by atoms with Crippen LogP contribution in [-0.2, 0) is 24.6 Å². The van der Waals surface area contributed by atoms with E-state index in [2.05, 4.69) is 9.88 Å². The van der Waals surface area contributed by atoms with Crippen molar-refractivity contribution in [1.29, 1.82) is 0 Å². The molecule has 0 unspecified atom stereocenters. The lowest BCUT2D eigenvalue weighted by atomic mass is 9.88. The molecule has 9 heteroatoms. The molecule has 2 atom stereocenters. The Morgan fingerprint density at radius 1 is 1.30 bits per heavy atom. The number of aromatic nitrogens is 2. The highest BCUT2D eigenvalue weighted by atomic mass is 19.4. The summed E-state index contributed by atoms with van der Waals surface area (Å²) in [5.74, 6) is 0.947. The van der Waals surface area contributed by atoms with Crippen molar-refractivity contribution in [3.05, 3.63) is 48.0 Å². The van der Waals surface area contributed by atoms with Gasteiger partial charge in [-0.25, -0.2) is 4.98 Å². The van der Waals surface area contributed by atoms with Gasteiger partial charge in [-0.3, -0.25) is 9.69 Å². The smallest absolute Gasteiger partial charge is 0.416 e. The van der Waals surface area contributed by atoms with E-state index >= 15 is 0 Å². The number of halogens is 3. The Balaban J connectivity index is 1.69. The summed E-state index contributed by atoms with van der Waals surface area (Å²) in [4.78, 5) is 20.7. The van der Waals surface area contributed by atoms with Crippen LogP contribution in [0.5, 0.6) is 5.75 Å². The van der Waals surface area contributed by atoms with Crippen LogP contribution in [0.4, 0.5) is 13.2 Å². The number of aryl methyl sites for hydroxylation is 1. The monoisotopic (exact) mass is 424 g/mol. The normalized spacial score (nSPS) is 20.2. The number of benzene rings is 1. The summed E-state index contributed by atoms with van der Waals surface area (Å²) in [5.41, 5.74) is -0.735. The Morgan fingerprint density at radius 2 is 2.07 bits per heavy atom. The third kappa shape index (κ3) is 5.53. The number of likely N-dealkylation sites (tertiary alicyclic amines) is 1. The molecule has 2 heterocycles. The van der Waals surface area contributed by atoms with E-state index in [4.69, 9.17) is 4.74 Å². The van der Waals surface area contributed by atoms with E-state index < -0.39 is 11.7 Å². The standard InChI is InChI=1S/C21H27F3N4O2/c1-26(2)20(29)16-9-15(11-28(12-16)13-19-25-7-8-27(19)3)14-30-18-6-4-5-17(10-18)21(22,23)24/h4-8,10,15-16H,9,11-14H2,1-3H3/t15-,16+/m0/s1. The van der Waals surface area contributed by atoms with Gasteiger partial charge in [-0.15, -0.1) is 0 Å². The minimum absolute atomic E-state index is 0.0162. The van der Waals surface area contributed by atoms with Crippen molar-refractivity contribution >= 4 is 5.91 Å². The molecule has 30 heavy (non-hydrogen) atoms. The Labute approximate surface area is 174 Å². The number of hydrogen-bond donors (Lipinski definition) is 0. The van der Waals surface area contributed by atoms with Gasteiger partial charge < -0.3 is 14.2 Å². The van der Waals surface area contributed by atoms with E-state index in [9.17, 15) is 18.0 Å². The zero-order chi connectivity index (χ0) is 21.9. The average Bonchev–Trinajstić information content (AvgIpc) is 3.09. The summed E-state index contributed by atoms with van der Waals surface area (Å²) < 4.78 is 46.4. The van der Waals surface area contributed by atoms with Gasteiger partial charge in [-0.1, -0.05) is 6.07 Å². The molecule has 3 rings (SSSR count). The fraction of sp³-hybridized carbons (Fsp3) is 0.524. The maximum Gasteiger partial charge on any atom is 0.416 e. The van der Waals surface area contributed by atoms with Crippen molar-refractivity contribution in [1.82, 2.24) is 19.4 Å². The van der Waals surface area contributed by atoms with Crippen LogP contribution in [0.15, 0.2) is 36.7 Å². The first-order chi connectivity index (χ1) is 14.1. The topological polar surface area (TPSA) is 50.6 Å². The molecule has 0 bridgehead atoms. The number of piperidine rings is 1. The second kappa shape index (κ2) is 9.07. The highest BCUT2D eigenvalue weighted by Gasteiger charge is 2.34. The summed E-state index contributed by atoms with van der Waals surface area (Å²) >= 11 is 0. The lowest BCUT2D eigenvalue weighted by Gasteiger charge is -2.37. The second-order valence-corrected chi connectivity index (χ2v) is 8.02. The molecule has 2 aromatic rings. The number of rotatable bonds is 6. The van der Waals surface area contributed by atoms with Gasteiger partial charge in [0.15, 0.2) is 0 Å². The van der Waals surface area contributed by atoms with Crippen molar-refractivity contribution in [3.63, 3.8) is 0 Å². The van der Waals surface area contributed by atoms with Crippen molar-refractivity contribution < 1.29 is 22.7 Å². The highest BCUT2D eigenvalue weighted by molar-refractivity contribution is 5.78. The van der Waals surface area contributed by atoms with E-state index in [1.165, 1.54) is 12.1 Å². The van der Waals surface area contributed by atoms with Crippen molar-refractivity contribution in [2.75, 3.05) is 33.8 Å². The van der Waals surface area contributed by atoms with Crippen molar-refractivity contribution in [2.45, 2.75) is 19.1 Å². The molecule has 1 aliphatic rings. The van der Waals surface area contributed by atoms with Gasteiger partial charge in [-0.2, -0.15) is 13.2 Å². The van der Waals surface area contributed by atoms with Gasteiger partial charge in [-0.05, 0) is 24.6 Å². The number of imidazole rings is 1. The lowest BCUT2D eigenvalue weighted by Crippen LogP contribution is -2.47.